The van der Waals surface area contributed by atoms with Crippen LogP contribution in [0.15, 0.2) is 30.5 Å². The lowest BCUT2D eigenvalue weighted by molar-refractivity contribution is 0.595. The highest BCUT2D eigenvalue weighted by molar-refractivity contribution is 7.89. The van der Waals surface area contributed by atoms with Crippen LogP contribution < -0.4 is 0 Å². The van der Waals surface area contributed by atoms with Crippen LogP contribution in [-0.4, -0.2) is 18.6 Å². The van der Waals surface area contributed by atoms with Crippen LogP contribution in [0.25, 0.3) is 10.9 Å². The molecule has 0 aliphatic heterocycles. The maximum absolute atomic E-state index is 11.6. The molecule has 16 heavy (non-hydrogen) atoms. The van der Waals surface area contributed by atoms with Crippen molar-refractivity contribution >= 4 is 20.9 Å². The summed E-state index contributed by atoms with van der Waals surface area (Å²) < 4.78 is 24.6. The van der Waals surface area contributed by atoms with E-state index >= 15 is 0 Å². The monoisotopic (exact) mass is 237 g/mol. The molecule has 2 aromatic rings. The topological polar surface area (TPSA) is 39.1 Å². The SMILES string of the molecule is CCCc1cn(S(C)(=O)=O)c2ccccc12. The number of fused-ring (bicyclic) bond motifs is 1. The standard InChI is InChI=1S/C12H15NO2S/c1-3-6-10-9-13(16(2,14)15)12-8-5-4-7-11(10)12/h4-5,7-9H,3,6H2,1-2H3. The van der Waals surface area contributed by atoms with Crippen LogP contribution in [0, 0.1) is 0 Å². The lowest BCUT2D eigenvalue weighted by Gasteiger charge is -2.00. The van der Waals surface area contributed by atoms with E-state index in [4.69, 9.17) is 0 Å². The van der Waals surface area contributed by atoms with Crippen molar-refractivity contribution in [3.63, 3.8) is 0 Å². The van der Waals surface area contributed by atoms with Gasteiger partial charge in [-0.15, -0.1) is 0 Å². The van der Waals surface area contributed by atoms with E-state index in [2.05, 4.69) is 6.92 Å². The maximum atomic E-state index is 11.6. The van der Waals surface area contributed by atoms with Gasteiger partial charge < -0.3 is 0 Å². The van der Waals surface area contributed by atoms with Crippen molar-refractivity contribution in [2.45, 2.75) is 19.8 Å². The summed E-state index contributed by atoms with van der Waals surface area (Å²) >= 11 is 0. The van der Waals surface area contributed by atoms with Crippen molar-refractivity contribution in [1.82, 2.24) is 3.97 Å². The Kier molecular flexibility index (Phi) is 2.76. The first-order valence-electron chi connectivity index (χ1n) is 5.33. The van der Waals surface area contributed by atoms with Gasteiger partial charge in [-0.05, 0) is 18.1 Å². The van der Waals surface area contributed by atoms with Crippen LogP contribution in [0.3, 0.4) is 0 Å². The van der Waals surface area contributed by atoms with Crippen LogP contribution in [0.1, 0.15) is 18.9 Å². The van der Waals surface area contributed by atoms with Crippen LogP contribution in [0.4, 0.5) is 0 Å². The molecule has 0 aliphatic carbocycles. The molecule has 1 heterocycles. The van der Waals surface area contributed by atoms with Gasteiger partial charge in [-0.2, -0.15) is 0 Å². The van der Waals surface area contributed by atoms with Crippen molar-refractivity contribution in [1.29, 1.82) is 0 Å². The lowest BCUT2D eigenvalue weighted by Crippen LogP contribution is -2.08. The molecule has 0 fully saturated rings. The van der Waals surface area contributed by atoms with Gasteiger partial charge >= 0.3 is 0 Å². The smallest absolute Gasteiger partial charge is 0.236 e. The molecule has 4 heteroatoms. The molecule has 0 amide bonds. The van der Waals surface area contributed by atoms with Gasteiger partial charge in [0, 0.05) is 11.6 Å². The first kappa shape index (κ1) is 11.2. The number of aryl methyl sites for hydroxylation is 1. The Labute approximate surface area is 95.8 Å². The number of benzene rings is 1. The third-order valence-corrected chi connectivity index (χ3v) is 3.65. The van der Waals surface area contributed by atoms with Crippen molar-refractivity contribution in [2.24, 2.45) is 0 Å². The van der Waals surface area contributed by atoms with E-state index in [0.29, 0.717) is 0 Å². The Bertz CT molecular complexity index is 611. The van der Waals surface area contributed by atoms with Crippen molar-refractivity contribution in [3.8, 4) is 0 Å². The molecule has 1 aromatic heterocycles. The highest BCUT2D eigenvalue weighted by Gasteiger charge is 2.13. The number of rotatable bonds is 3. The Morgan fingerprint density at radius 3 is 2.56 bits per heavy atom. The van der Waals surface area contributed by atoms with E-state index < -0.39 is 10.0 Å². The largest absolute Gasteiger partial charge is 0.245 e. The summed E-state index contributed by atoms with van der Waals surface area (Å²) in [5.74, 6) is 0. The number of hydrogen-bond acceptors (Lipinski definition) is 2. The summed E-state index contributed by atoms with van der Waals surface area (Å²) in [7, 11) is -3.21. The van der Waals surface area contributed by atoms with E-state index in [1.54, 1.807) is 6.20 Å². The highest BCUT2D eigenvalue weighted by Crippen LogP contribution is 2.23. The van der Waals surface area contributed by atoms with Crippen LogP contribution >= 0.6 is 0 Å². The highest BCUT2D eigenvalue weighted by atomic mass is 32.2. The minimum atomic E-state index is -3.21. The second-order valence-electron chi connectivity index (χ2n) is 3.98. The molecule has 0 spiro atoms. The molecule has 0 saturated carbocycles. The van der Waals surface area contributed by atoms with Gasteiger partial charge in [0.05, 0.1) is 11.8 Å². The maximum Gasteiger partial charge on any atom is 0.236 e. The Hall–Kier alpha value is -1.29. The first-order chi connectivity index (χ1) is 7.54. The molecule has 2 rings (SSSR count). The summed E-state index contributed by atoms with van der Waals surface area (Å²) in [6.45, 7) is 2.09. The quantitative estimate of drug-likeness (QED) is 0.822. The van der Waals surface area contributed by atoms with Crippen LogP contribution in [-0.2, 0) is 16.4 Å². The molecule has 0 radical (unpaired) electrons. The normalized spacial score (nSPS) is 12.1. The average molecular weight is 237 g/mol. The molecular formula is C12H15NO2S. The molecule has 0 bridgehead atoms. The molecule has 3 nitrogen and oxygen atoms in total. The summed E-state index contributed by atoms with van der Waals surface area (Å²) in [5, 5.41) is 1.04. The minimum absolute atomic E-state index is 0.772. The number of aromatic nitrogens is 1. The van der Waals surface area contributed by atoms with E-state index in [1.165, 1.54) is 10.2 Å². The van der Waals surface area contributed by atoms with Gasteiger partial charge in [-0.25, -0.2) is 12.4 Å². The third-order valence-electron chi connectivity index (χ3n) is 2.64. The van der Waals surface area contributed by atoms with Gasteiger partial charge in [-0.3, -0.25) is 0 Å². The van der Waals surface area contributed by atoms with Crippen molar-refractivity contribution in [3.05, 3.63) is 36.0 Å². The molecule has 86 valence electrons. The fraction of sp³-hybridized carbons (Fsp3) is 0.333. The van der Waals surface area contributed by atoms with E-state index in [9.17, 15) is 8.42 Å². The molecular weight excluding hydrogens is 222 g/mol. The van der Waals surface area contributed by atoms with Gasteiger partial charge in [0.15, 0.2) is 0 Å². The lowest BCUT2D eigenvalue weighted by atomic mass is 10.1. The first-order valence-corrected chi connectivity index (χ1v) is 7.18. The Balaban J connectivity index is 2.77. The Morgan fingerprint density at radius 1 is 1.25 bits per heavy atom. The third kappa shape index (κ3) is 1.85. The Morgan fingerprint density at radius 2 is 1.94 bits per heavy atom. The van der Waals surface area contributed by atoms with Crippen LogP contribution in [0.2, 0.25) is 0 Å². The summed E-state index contributed by atoms with van der Waals surface area (Å²) in [6.07, 6.45) is 4.89. The second-order valence-corrected chi connectivity index (χ2v) is 5.84. The fourth-order valence-electron chi connectivity index (χ4n) is 1.96. The van der Waals surface area contributed by atoms with E-state index in [-0.39, 0.29) is 0 Å². The predicted molar refractivity (Wildman–Crippen MR) is 66.2 cm³/mol. The predicted octanol–water partition coefficient (Wildman–Crippen LogP) is 2.40. The van der Waals surface area contributed by atoms with Gasteiger partial charge in [0.25, 0.3) is 0 Å². The van der Waals surface area contributed by atoms with Gasteiger partial charge in [0.1, 0.15) is 0 Å². The average Bonchev–Trinajstić information content (AvgIpc) is 2.58. The molecule has 1 aromatic carbocycles. The minimum Gasteiger partial charge on any atom is -0.245 e. The molecule has 0 unspecified atom stereocenters. The van der Waals surface area contributed by atoms with Crippen molar-refractivity contribution < 1.29 is 8.42 Å². The van der Waals surface area contributed by atoms with Gasteiger partial charge in [0.2, 0.25) is 10.0 Å². The summed E-state index contributed by atoms with van der Waals surface area (Å²) in [4.78, 5) is 0. The number of nitrogens with zero attached hydrogens (tertiary/aromatic N) is 1. The van der Waals surface area contributed by atoms with Gasteiger partial charge in [-0.1, -0.05) is 31.5 Å². The fourth-order valence-corrected chi connectivity index (χ4v) is 2.80. The van der Waals surface area contributed by atoms with Crippen molar-refractivity contribution in [2.75, 3.05) is 6.26 Å². The molecule has 0 saturated heterocycles. The summed E-state index contributed by atoms with van der Waals surface area (Å²) in [6, 6.07) is 7.62. The molecule has 0 N–H and O–H groups in total. The number of para-hydroxylation sites is 1. The zero-order chi connectivity index (χ0) is 11.8. The zero-order valence-corrected chi connectivity index (χ0v) is 10.3. The molecule has 0 atom stereocenters. The van der Waals surface area contributed by atoms with E-state index in [0.717, 1.165) is 29.3 Å². The van der Waals surface area contributed by atoms with E-state index in [1.807, 2.05) is 24.3 Å². The zero-order valence-electron chi connectivity index (χ0n) is 9.47. The summed E-state index contributed by atoms with van der Waals surface area (Å²) in [5.41, 5.74) is 1.87. The molecule has 0 aliphatic rings. The second kappa shape index (κ2) is 3.94. The van der Waals surface area contributed by atoms with Crippen LogP contribution in [0.5, 0.6) is 0 Å². The number of hydrogen-bond donors (Lipinski definition) is 0.